The third kappa shape index (κ3) is 1.31. The van der Waals surface area contributed by atoms with Crippen molar-refractivity contribution in [2.24, 2.45) is 0 Å². The van der Waals surface area contributed by atoms with Gasteiger partial charge >= 0.3 is 0 Å². The first-order valence-electron chi connectivity index (χ1n) is 5.43. The fourth-order valence-corrected chi connectivity index (χ4v) is 2.59. The third-order valence-corrected chi connectivity index (χ3v) is 3.42. The maximum atomic E-state index is 11.8. The molecule has 1 aromatic carbocycles. The van der Waals surface area contributed by atoms with E-state index in [9.17, 15) is 10.0 Å². The highest BCUT2D eigenvalue weighted by Gasteiger charge is 2.47. The molecule has 90 valence electrons. The summed E-state index contributed by atoms with van der Waals surface area (Å²) in [5.41, 5.74) is 1.18. The Morgan fingerprint density at radius 1 is 1.59 bits per heavy atom. The van der Waals surface area contributed by atoms with Gasteiger partial charge in [0.05, 0.1) is 17.1 Å². The van der Waals surface area contributed by atoms with Crippen LogP contribution in [0.5, 0.6) is 0 Å². The lowest BCUT2D eigenvalue weighted by Gasteiger charge is -2.28. The Labute approximate surface area is 98.0 Å². The number of carbonyl (C=O) groups excluding carboxylic acids is 1. The Balaban J connectivity index is 2.11. The third-order valence-electron chi connectivity index (χ3n) is 3.42. The molecule has 1 fully saturated rings. The summed E-state index contributed by atoms with van der Waals surface area (Å²) in [6, 6.07) is 4.72. The Morgan fingerprint density at radius 2 is 2.35 bits per heavy atom. The van der Waals surface area contributed by atoms with Crippen molar-refractivity contribution >= 4 is 23.0 Å². The Bertz CT molecular complexity index is 503. The Morgan fingerprint density at radius 3 is 3.06 bits per heavy atom. The van der Waals surface area contributed by atoms with Gasteiger partial charge in [0.25, 0.3) is 0 Å². The second-order valence-corrected chi connectivity index (χ2v) is 4.60. The lowest BCUT2D eigenvalue weighted by molar-refractivity contribution is -0.117. The molecule has 0 aromatic heterocycles. The van der Waals surface area contributed by atoms with Crippen LogP contribution in [0.2, 0.25) is 0 Å². The molecule has 0 aliphatic carbocycles. The summed E-state index contributed by atoms with van der Waals surface area (Å²) >= 11 is 0. The zero-order valence-corrected chi connectivity index (χ0v) is 9.30. The molecule has 1 aromatic rings. The molecular weight excluding hydrogens is 222 g/mol. The number of rotatable bonds is 1. The van der Waals surface area contributed by atoms with E-state index in [-0.39, 0.29) is 16.8 Å². The van der Waals surface area contributed by atoms with Crippen LogP contribution in [0, 0.1) is 5.21 Å². The standard InChI is InChI=1S/C11H12N3O3/c1-11-5-4-10(15)13(11)9-6-7(14(16)17)2-3-8(9)12-11/h2-3,6,12,16H,4-5H2,1H3/q-1. The van der Waals surface area contributed by atoms with Gasteiger partial charge in [-0.15, -0.1) is 0 Å². The summed E-state index contributed by atoms with van der Waals surface area (Å²) in [6.07, 6.45) is 1.23. The Hall–Kier alpha value is -1.79. The minimum absolute atomic E-state index is 0.0336. The van der Waals surface area contributed by atoms with Crippen molar-refractivity contribution in [1.82, 2.24) is 0 Å². The summed E-state index contributed by atoms with van der Waals surface area (Å²) in [6.45, 7) is 1.95. The number of carbonyl (C=O) groups is 1. The number of benzene rings is 1. The van der Waals surface area contributed by atoms with E-state index in [4.69, 9.17) is 5.21 Å². The van der Waals surface area contributed by atoms with Crippen molar-refractivity contribution in [1.29, 1.82) is 0 Å². The van der Waals surface area contributed by atoms with E-state index in [0.717, 1.165) is 12.1 Å². The van der Waals surface area contributed by atoms with Crippen molar-refractivity contribution in [2.75, 3.05) is 15.4 Å². The van der Waals surface area contributed by atoms with Crippen molar-refractivity contribution in [2.45, 2.75) is 25.4 Å². The molecule has 1 amide bonds. The number of nitrogens with one attached hydrogen (secondary N) is 1. The highest BCUT2D eigenvalue weighted by Crippen LogP contribution is 2.47. The van der Waals surface area contributed by atoms with E-state index >= 15 is 0 Å². The van der Waals surface area contributed by atoms with Crippen LogP contribution in [0.15, 0.2) is 18.2 Å². The average molecular weight is 234 g/mol. The molecule has 2 aliphatic heterocycles. The molecule has 2 aliphatic rings. The normalized spacial score (nSPS) is 25.6. The molecule has 0 bridgehead atoms. The average Bonchev–Trinajstić information content (AvgIpc) is 2.71. The van der Waals surface area contributed by atoms with Crippen LogP contribution in [0.1, 0.15) is 19.8 Å². The van der Waals surface area contributed by atoms with Gasteiger partial charge in [-0.25, -0.2) is 0 Å². The molecule has 0 spiro atoms. The highest BCUT2D eigenvalue weighted by molar-refractivity contribution is 6.04. The molecule has 0 radical (unpaired) electrons. The van der Waals surface area contributed by atoms with E-state index in [1.807, 2.05) is 6.92 Å². The smallest absolute Gasteiger partial charge is 0.229 e. The number of amides is 1. The van der Waals surface area contributed by atoms with Crippen molar-refractivity contribution in [3.8, 4) is 0 Å². The molecule has 6 heteroatoms. The van der Waals surface area contributed by atoms with Gasteiger partial charge in [0.1, 0.15) is 5.66 Å². The van der Waals surface area contributed by atoms with Gasteiger partial charge in [-0.2, -0.15) is 0 Å². The van der Waals surface area contributed by atoms with Gasteiger partial charge < -0.3 is 15.8 Å². The zero-order valence-electron chi connectivity index (χ0n) is 9.30. The summed E-state index contributed by atoms with van der Waals surface area (Å²) in [4.78, 5) is 13.5. The fraction of sp³-hybridized carbons (Fsp3) is 0.364. The van der Waals surface area contributed by atoms with Crippen LogP contribution in [-0.2, 0) is 4.79 Å². The Kier molecular flexibility index (Phi) is 1.90. The maximum Gasteiger partial charge on any atom is 0.229 e. The molecular formula is C11H12N3O3-. The minimum Gasteiger partial charge on any atom is -0.733 e. The van der Waals surface area contributed by atoms with Gasteiger partial charge in [-0.1, -0.05) is 0 Å². The van der Waals surface area contributed by atoms with Crippen LogP contribution in [0.3, 0.4) is 0 Å². The number of hydrogen-bond donors (Lipinski definition) is 2. The van der Waals surface area contributed by atoms with E-state index < -0.39 is 5.66 Å². The van der Waals surface area contributed by atoms with E-state index in [2.05, 4.69) is 5.32 Å². The molecule has 17 heavy (non-hydrogen) atoms. The highest BCUT2D eigenvalue weighted by atomic mass is 16.8. The summed E-state index contributed by atoms with van der Waals surface area (Å²) < 4.78 is 0. The molecule has 2 heterocycles. The molecule has 1 atom stereocenters. The first kappa shape index (κ1) is 10.4. The molecule has 2 N–H and O–H groups in total. The second-order valence-electron chi connectivity index (χ2n) is 4.60. The van der Waals surface area contributed by atoms with Gasteiger partial charge in [0, 0.05) is 6.42 Å². The van der Waals surface area contributed by atoms with Crippen LogP contribution >= 0.6 is 0 Å². The van der Waals surface area contributed by atoms with Gasteiger partial charge in [-0.3, -0.25) is 14.9 Å². The largest absolute Gasteiger partial charge is 0.733 e. The fourth-order valence-electron chi connectivity index (χ4n) is 2.59. The summed E-state index contributed by atoms with van der Waals surface area (Å²) in [7, 11) is 0. The van der Waals surface area contributed by atoms with Crippen LogP contribution in [-0.4, -0.2) is 16.8 Å². The number of fused-ring (bicyclic) bond motifs is 3. The summed E-state index contributed by atoms with van der Waals surface area (Å²) in [5, 5.41) is 22.8. The van der Waals surface area contributed by atoms with Crippen LogP contribution in [0.4, 0.5) is 17.1 Å². The SMILES string of the molecule is CC12CCC(=O)N1c1cc(N([O-])O)ccc1N2. The van der Waals surface area contributed by atoms with Gasteiger partial charge in [-0.05, 0) is 31.5 Å². The summed E-state index contributed by atoms with van der Waals surface area (Å²) in [5.74, 6) is 0.0336. The molecule has 1 saturated heterocycles. The van der Waals surface area contributed by atoms with Crippen molar-refractivity contribution in [3.05, 3.63) is 23.4 Å². The zero-order chi connectivity index (χ0) is 12.2. The van der Waals surface area contributed by atoms with Crippen molar-refractivity contribution in [3.63, 3.8) is 0 Å². The van der Waals surface area contributed by atoms with Gasteiger partial charge in [0.2, 0.25) is 5.91 Å². The maximum absolute atomic E-state index is 11.8. The van der Waals surface area contributed by atoms with Gasteiger partial charge in [0.15, 0.2) is 0 Å². The van der Waals surface area contributed by atoms with E-state index in [1.165, 1.54) is 12.1 Å². The second kappa shape index (κ2) is 3.12. The molecule has 1 unspecified atom stereocenters. The lowest BCUT2D eigenvalue weighted by Crippen LogP contribution is -2.44. The van der Waals surface area contributed by atoms with Crippen LogP contribution < -0.4 is 15.4 Å². The molecule has 6 nitrogen and oxygen atoms in total. The monoisotopic (exact) mass is 234 g/mol. The van der Waals surface area contributed by atoms with E-state index in [0.29, 0.717) is 12.1 Å². The van der Waals surface area contributed by atoms with Crippen molar-refractivity contribution < 1.29 is 10.0 Å². The molecule has 3 rings (SSSR count). The lowest BCUT2D eigenvalue weighted by atomic mass is 10.1. The quantitative estimate of drug-likeness (QED) is 0.722. The number of hydrogen-bond acceptors (Lipinski definition) is 5. The molecule has 0 saturated carbocycles. The first-order chi connectivity index (χ1) is 8.01. The van der Waals surface area contributed by atoms with E-state index in [1.54, 1.807) is 11.0 Å². The first-order valence-corrected chi connectivity index (χ1v) is 5.43. The topological polar surface area (TPSA) is 78.9 Å². The number of anilines is 3. The predicted octanol–water partition coefficient (Wildman–Crippen LogP) is 1.65. The minimum atomic E-state index is -0.402. The van der Waals surface area contributed by atoms with Crippen LogP contribution in [0.25, 0.3) is 0 Å². The predicted molar refractivity (Wildman–Crippen MR) is 62.8 cm³/mol. The number of nitrogens with zero attached hydrogens (tertiary/aromatic N) is 2.